The van der Waals surface area contributed by atoms with E-state index >= 15 is 0 Å². The van der Waals surface area contributed by atoms with Crippen LogP contribution in [0.5, 0.6) is 0 Å². The number of carbonyl (C=O) groups excluding carboxylic acids is 3. The van der Waals surface area contributed by atoms with E-state index in [1.807, 2.05) is 0 Å². The van der Waals surface area contributed by atoms with Crippen molar-refractivity contribution in [3.8, 4) is 0 Å². The lowest BCUT2D eigenvalue weighted by Crippen LogP contribution is -2.41. The Morgan fingerprint density at radius 1 is 1.24 bits per heavy atom. The van der Waals surface area contributed by atoms with Crippen molar-refractivity contribution in [1.82, 2.24) is 0 Å². The zero-order valence-electron chi connectivity index (χ0n) is 14.7. The average Bonchev–Trinajstić information content (AvgIpc) is 2.53. The van der Waals surface area contributed by atoms with Gasteiger partial charge < -0.3 is 24.1 Å². The van der Waals surface area contributed by atoms with Crippen molar-refractivity contribution >= 4 is 17.9 Å². The van der Waals surface area contributed by atoms with Crippen molar-refractivity contribution in [2.24, 2.45) is 0 Å². The van der Waals surface area contributed by atoms with Crippen LogP contribution in [0.3, 0.4) is 0 Å². The van der Waals surface area contributed by atoms with Crippen LogP contribution in [0, 0.1) is 0 Å². The molecule has 25 heavy (non-hydrogen) atoms. The number of rotatable bonds is 8. The molecule has 1 aliphatic rings. The lowest BCUT2D eigenvalue weighted by molar-refractivity contribution is -0.160. The molecule has 0 aliphatic carbocycles. The van der Waals surface area contributed by atoms with Gasteiger partial charge >= 0.3 is 17.9 Å². The van der Waals surface area contributed by atoms with E-state index in [4.69, 9.17) is 18.9 Å². The van der Waals surface area contributed by atoms with Gasteiger partial charge in [-0.15, -0.1) is 0 Å². The van der Waals surface area contributed by atoms with E-state index in [1.54, 1.807) is 13.0 Å². The van der Waals surface area contributed by atoms with E-state index in [-0.39, 0.29) is 0 Å². The largest absolute Gasteiger partial charge is 0.459 e. The van der Waals surface area contributed by atoms with Gasteiger partial charge in [-0.25, -0.2) is 4.79 Å². The third-order valence-electron chi connectivity index (χ3n) is 3.49. The number of hydrogen-bond acceptors (Lipinski definition) is 8. The van der Waals surface area contributed by atoms with E-state index < -0.39 is 48.4 Å². The molecule has 1 rings (SSSR count). The molecule has 0 saturated carbocycles. The smallest absolute Gasteiger partial charge is 0.330 e. The normalized spacial score (nSPS) is 22.0. The molecule has 0 radical (unpaired) electrons. The van der Waals surface area contributed by atoms with Crippen LogP contribution >= 0.6 is 0 Å². The Morgan fingerprint density at radius 3 is 2.36 bits per heavy atom. The van der Waals surface area contributed by atoms with Gasteiger partial charge in [-0.1, -0.05) is 12.2 Å². The molecule has 0 unspecified atom stereocenters. The Hall–Kier alpha value is -2.19. The summed E-state index contributed by atoms with van der Waals surface area (Å²) in [5, 5.41) is 10.3. The molecule has 0 saturated heterocycles. The summed E-state index contributed by atoms with van der Waals surface area (Å²) < 4.78 is 20.4. The summed E-state index contributed by atoms with van der Waals surface area (Å²) in [6, 6.07) is 0. The third-order valence-corrected chi connectivity index (χ3v) is 3.49. The van der Waals surface area contributed by atoms with Crippen LogP contribution in [0.4, 0.5) is 0 Å². The molecule has 0 amide bonds. The van der Waals surface area contributed by atoms with Crippen LogP contribution in [0.15, 0.2) is 24.3 Å². The fourth-order valence-electron chi connectivity index (χ4n) is 2.32. The molecule has 1 N–H and O–H groups in total. The summed E-state index contributed by atoms with van der Waals surface area (Å²) in [5.41, 5.74) is 0. The predicted molar refractivity (Wildman–Crippen MR) is 86.4 cm³/mol. The van der Waals surface area contributed by atoms with Gasteiger partial charge in [0.2, 0.25) is 0 Å². The number of aliphatic hydroxyl groups is 1. The minimum Gasteiger partial charge on any atom is -0.459 e. The highest BCUT2D eigenvalue weighted by atomic mass is 16.6. The monoisotopic (exact) mass is 356 g/mol. The minimum absolute atomic E-state index is 0.359. The van der Waals surface area contributed by atoms with E-state index in [0.29, 0.717) is 6.42 Å². The van der Waals surface area contributed by atoms with Crippen molar-refractivity contribution in [3.63, 3.8) is 0 Å². The molecule has 0 bridgehead atoms. The standard InChI is InChI=1S/C17H24O8/c1-10(23-11(2)18)13(24-12(3)19)8-9-14(22-4)17(21)15-6-5-7-16(20)25-15/h5,7-10,13-15,17,21H,6H2,1-4H3/b9-8+/t10-,13-,14+,15-,17+/m0/s1. The van der Waals surface area contributed by atoms with Gasteiger partial charge in [0, 0.05) is 33.5 Å². The average molecular weight is 356 g/mol. The molecule has 8 nitrogen and oxygen atoms in total. The fourth-order valence-corrected chi connectivity index (χ4v) is 2.32. The molecule has 5 atom stereocenters. The Kier molecular flexibility index (Phi) is 8.30. The number of esters is 3. The molecule has 0 aromatic heterocycles. The molecule has 8 heteroatoms. The summed E-state index contributed by atoms with van der Waals surface area (Å²) in [5.74, 6) is -1.59. The van der Waals surface area contributed by atoms with Crippen LogP contribution in [0.2, 0.25) is 0 Å². The molecule has 1 aliphatic heterocycles. The van der Waals surface area contributed by atoms with Gasteiger partial charge in [0.05, 0.1) is 0 Å². The zero-order chi connectivity index (χ0) is 19.0. The van der Waals surface area contributed by atoms with Gasteiger partial charge in [0.15, 0.2) is 6.10 Å². The van der Waals surface area contributed by atoms with E-state index in [0.717, 1.165) is 0 Å². The molecular weight excluding hydrogens is 332 g/mol. The fraction of sp³-hybridized carbons (Fsp3) is 0.588. The molecular formula is C17H24O8. The zero-order valence-corrected chi connectivity index (χ0v) is 14.7. The van der Waals surface area contributed by atoms with Crippen molar-refractivity contribution in [1.29, 1.82) is 0 Å². The number of carbonyl (C=O) groups is 3. The first kappa shape index (κ1) is 20.9. The van der Waals surface area contributed by atoms with Gasteiger partial charge in [0.25, 0.3) is 0 Å². The lowest BCUT2D eigenvalue weighted by Gasteiger charge is -2.28. The maximum atomic E-state index is 11.3. The quantitative estimate of drug-likeness (QED) is 0.384. The third kappa shape index (κ3) is 7.06. The SMILES string of the molecule is CO[C@H](/C=C/[C@H](OC(C)=O)[C@H](C)OC(C)=O)[C@@H](O)[C@@H]1CC=CC(=O)O1. The Balaban J connectivity index is 2.82. The Bertz CT molecular complexity index is 539. The van der Waals surface area contributed by atoms with Crippen molar-refractivity contribution in [2.45, 2.75) is 57.7 Å². The highest BCUT2D eigenvalue weighted by Gasteiger charge is 2.30. The van der Waals surface area contributed by atoms with Gasteiger partial charge in [-0.3, -0.25) is 9.59 Å². The first-order chi connectivity index (χ1) is 11.7. The van der Waals surface area contributed by atoms with Crippen LogP contribution in [-0.2, 0) is 33.3 Å². The van der Waals surface area contributed by atoms with E-state index in [9.17, 15) is 19.5 Å². The molecule has 0 aromatic carbocycles. The van der Waals surface area contributed by atoms with E-state index in [1.165, 1.54) is 39.2 Å². The number of cyclic esters (lactones) is 1. The maximum Gasteiger partial charge on any atom is 0.330 e. The van der Waals surface area contributed by atoms with E-state index in [2.05, 4.69) is 0 Å². The Labute approximate surface area is 146 Å². The topological polar surface area (TPSA) is 108 Å². The van der Waals surface area contributed by atoms with Crippen LogP contribution in [0.25, 0.3) is 0 Å². The van der Waals surface area contributed by atoms with Gasteiger partial charge in [-0.2, -0.15) is 0 Å². The first-order valence-corrected chi connectivity index (χ1v) is 7.85. The number of methoxy groups -OCH3 is 1. The number of aliphatic hydroxyl groups excluding tert-OH is 1. The molecule has 140 valence electrons. The molecule has 1 heterocycles. The van der Waals surface area contributed by atoms with Crippen LogP contribution < -0.4 is 0 Å². The minimum atomic E-state index is -1.11. The van der Waals surface area contributed by atoms with Gasteiger partial charge in [-0.05, 0) is 13.0 Å². The summed E-state index contributed by atoms with van der Waals surface area (Å²) in [6.45, 7) is 4.06. The Morgan fingerprint density at radius 2 is 1.84 bits per heavy atom. The first-order valence-electron chi connectivity index (χ1n) is 7.85. The molecule has 0 spiro atoms. The van der Waals surface area contributed by atoms with Crippen molar-refractivity contribution in [2.75, 3.05) is 7.11 Å². The summed E-state index contributed by atoms with van der Waals surface area (Å²) >= 11 is 0. The molecule has 0 aromatic rings. The van der Waals surface area contributed by atoms with Crippen LogP contribution in [0.1, 0.15) is 27.2 Å². The highest BCUT2D eigenvalue weighted by Crippen LogP contribution is 2.17. The molecule has 0 fully saturated rings. The predicted octanol–water partition coefficient (Wildman–Crippen LogP) is 0.673. The van der Waals surface area contributed by atoms with Gasteiger partial charge in [0.1, 0.15) is 24.4 Å². The summed E-state index contributed by atoms with van der Waals surface area (Å²) in [6.07, 6.45) is 1.96. The van der Waals surface area contributed by atoms with Crippen molar-refractivity contribution < 1.29 is 38.4 Å². The second-order valence-electron chi connectivity index (χ2n) is 5.58. The summed E-state index contributed by atoms with van der Waals surface area (Å²) in [4.78, 5) is 33.6. The van der Waals surface area contributed by atoms with Crippen molar-refractivity contribution in [3.05, 3.63) is 24.3 Å². The van der Waals surface area contributed by atoms with Crippen LogP contribution in [-0.4, -0.2) is 60.6 Å². The second-order valence-corrected chi connectivity index (χ2v) is 5.58. The second kappa shape index (κ2) is 9.95. The number of hydrogen-bond donors (Lipinski definition) is 1. The maximum absolute atomic E-state index is 11.3. The highest BCUT2D eigenvalue weighted by molar-refractivity contribution is 5.82. The number of ether oxygens (including phenoxy) is 4. The summed E-state index contributed by atoms with van der Waals surface area (Å²) in [7, 11) is 1.38. The lowest BCUT2D eigenvalue weighted by atomic mass is 10.0.